The fourth-order valence-electron chi connectivity index (χ4n) is 2.93. The Hall–Kier alpha value is -1.71. The molecule has 20 heavy (non-hydrogen) atoms. The van der Waals surface area contributed by atoms with E-state index in [9.17, 15) is 0 Å². The van der Waals surface area contributed by atoms with E-state index < -0.39 is 0 Å². The van der Waals surface area contributed by atoms with Gasteiger partial charge in [-0.2, -0.15) is 0 Å². The maximum Gasteiger partial charge on any atom is 0.134 e. The van der Waals surface area contributed by atoms with Crippen molar-refractivity contribution in [1.29, 1.82) is 0 Å². The summed E-state index contributed by atoms with van der Waals surface area (Å²) in [6.07, 6.45) is 3.86. The van der Waals surface area contributed by atoms with Gasteiger partial charge in [0.15, 0.2) is 0 Å². The van der Waals surface area contributed by atoms with Crippen LogP contribution in [-0.2, 0) is 5.41 Å². The average molecular weight is 272 g/mol. The van der Waals surface area contributed by atoms with Crippen LogP contribution in [0.3, 0.4) is 0 Å². The summed E-state index contributed by atoms with van der Waals surface area (Å²) in [5.41, 5.74) is 8.88. The van der Waals surface area contributed by atoms with E-state index in [-0.39, 0.29) is 5.41 Å². The van der Waals surface area contributed by atoms with Crippen molar-refractivity contribution < 1.29 is 0 Å². The van der Waals surface area contributed by atoms with E-state index in [2.05, 4.69) is 36.5 Å². The second-order valence-corrected chi connectivity index (χ2v) is 6.76. The largest absolute Gasteiger partial charge is 0.399 e. The number of rotatable bonds is 1. The number of hydrogen-bond donors (Lipinski definition) is 1. The molecule has 1 saturated heterocycles. The summed E-state index contributed by atoms with van der Waals surface area (Å²) in [5, 5.41) is 2.44. The van der Waals surface area contributed by atoms with Crippen LogP contribution in [0.25, 0.3) is 11.0 Å². The van der Waals surface area contributed by atoms with Crippen molar-refractivity contribution in [2.45, 2.75) is 45.4 Å². The van der Waals surface area contributed by atoms with E-state index >= 15 is 0 Å². The second kappa shape index (κ2) is 4.69. The first-order chi connectivity index (χ1) is 9.47. The van der Waals surface area contributed by atoms with Gasteiger partial charge in [-0.15, -0.1) is 0 Å². The molecule has 1 fully saturated rings. The molecule has 0 bridgehead atoms. The van der Waals surface area contributed by atoms with Crippen molar-refractivity contribution in [2.75, 3.05) is 23.8 Å². The number of benzene rings is 1. The highest BCUT2D eigenvalue weighted by Crippen LogP contribution is 2.28. The molecule has 4 nitrogen and oxygen atoms in total. The lowest BCUT2D eigenvalue weighted by molar-refractivity contribution is 0.438. The van der Waals surface area contributed by atoms with Crippen molar-refractivity contribution in [3.8, 4) is 0 Å². The molecular weight excluding hydrogens is 248 g/mol. The maximum atomic E-state index is 5.91. The first kappa shape index (κ1) is 13.3. The third-order valence-corrected chi connectivity index (χ3v) is 3.94. The highest BCUT2D eigenvalue weighted by atomic mass is 15.6. The van der Waals surface area contributed by atoms with Crippen LogP contribution in [0.2, 0.25) is 0 Å². The topological polar surface area (TPSA) is 47.1 Å². The van der Waals surface area contributed by atoms with Crippen LogP contribution in [0.5, 0.6) is 0 Å². The number of hydrogen-bond acceptors (Lipinski definition) is 3. The molecule has 4 heteroatoms. The standard InChI is InChI=1S/C16H24N4/c1-16(2,3)15-18-13-11-12(17)7-8-14(13)20(15)19-9-5-4-6-10-19/h7-8,11H,4-6,9-10,17H2,1-3H3. The molecule has 2 N–H and O–H groups in total. The fraction of sp³-hybridized carbons (Fsp3) is 0.562. The Labute approximate surface area is 120 Å². The van der Waals surface area contributed by atoms with Gasteiger partial charge in [0.2, 0.25) is 0 Å². The number of nitrogens with zero attached hydrogens (tertiary/aromatic N) is 3. The van der Waals surface area contributed by atoms with E-state index in [1.807, 2.05) is 12.1 Å². The van der Waals surface area contributed by atoms with Gasteiger partial charge in [0.25, 0.3) is 0 Å². The Morgan fingerprint density at radius 1 is 1.10 bits per heavy atom. The number of nitrogen functional groups attached to an aromatic ring is 1. The molecular formula is C16H24N4. The van der Waals surface area contributed by atoms with Crippen LogP contribution in [0.15, 0.2) is 18.2 Å². The molecule has 1 aliphatic heterocycles. The van der Waals surface area contributed by atoms with Crippen LogP contribution in [-0.4, -0.2) is 22.7 Å². The molecule has 0 amide bonds. The highest BCUT2D eigenvalue weighted by molar-refractivity contribution is 5.80. The summed E-state index contributed by atoms with van der Waals surface area (Å²) in [7, 11) is 0. The number of nitrogens with two attached hydrogens (primary N) is 1. The predicted octanol–water partition coefficient (Wildman–Crippen LogP) is 3.04. The van der Waals surface area contributed by atoms with Gasteiger partial charge in [-0.25, -0.2) is 9.66 Å². The molecule has 0 atom stereocenters. The van der Waals surface area contributed by atoms with Gasteiger partial charge in [0.1, 0.15) is 5.82 Å². The molecule has 2 aromatic rings. The predicted molar refractivity (Wildman–Crippen MR) is 84.6 cm³/mol. The molecule has 0 aliphatic carbocycles. The van der Waals surface area contributed by atoms with Crippen molar-refractivity contribution >= 4 is 16.7 Å². The average Bonchev–Trinajstić information content (AvgIpc) is 2.78. The molecule has 1 aromatic heterocycles. The Morgan fingerprint density at radius 2 is 1.80 bits per heavy atom. The van der Waals surface area contributed by atoms with Crippen molar-refractivity contribution in [3.63, 3.8) is 0 Å². The lowest BCUT2D eigenvalue weighted by atomic mass is 9.96. The number of piperidine rings is 1. The van der Waals surface area contributed by atoms with E-state index in [4.69, 9.17) is 10.7 Å². The van der Waals surface area contributed by atoms with E-state index in [0.717, 1.165) is 30.1 Å². The van der Waals surface area contributed by atoms with Gasteiger partial charge in [0.05, 0.1) is 11.0 Å². The third kappa shape index (κ3) is 2.23. The minimum Gasteiger partial charge on any atom is -0.399 e. The third-order valence-electron chi connectivity index (χ3n) is 3.94. The Morgan fingerprint density at radius 3 is 2.45 bits per heavy atom. The second-order valence-electron chi connectivity index (χ2n) is 6.76. The van der Waals surface area contributed by atoms with Gasteiger partial charge in [-0.3, -0.25) is 0 Å². The normalized spacial score (nSPS) is 16.9. The van der Waals surface area contributed by atoms with Gasteiger partial charge in [-0.1, -0.05) is 20.8 Å². The summed E-state index contributed by atoms with van der Waals surface area (Å²) in [5.74, 6) is 1.13. The Bertz CT molecular complexity index is 615. The zero-order valence-electron chi connectivity index (χ0n) is 12.7. The number of anilines is 1. The molecule has 0 radical (unpaired) electrons. The lowest BCUT2D eigenvalue weighted by Gasteiger charge is -2.33. The van der Waals surface area contributed by atoms with Gasteiger partial charge in [0, 0.05) is 24.2 Å². The van der Waals surface area contributed by atoms with Crippen molar-refractivity contribution in [1.82, 2.24) is 9.66 Å². The maximum absolute atomic E-state index is 5.91. The van der Waals surface area contributed by atoms with Gasteiger partial charge >= 0.3 is 0 Å². The minimum absolute atomic E-state index is 0.0191. The van der Waals surface area contributed by atoms with E-state index in [1.54, 1.807) is 0 Å². The van der Waals surface area contributed by atoms with Gasteiger partial charge in [-0.05, 0) is 37.5 Å². The molecule has 0 unspecified atom stereocenters. The SMILES string of the molecule is CC(C)(C)c1nc2cc(N)ccc2n1N1CCCCC1. The zero-order chi connectivity index (χ0) is 14.3. The summed E-state index contributed by atoms with van der Waals surface area (Å²) < 4.78 is 2.33. The van der Waals surface area contributed by atoms with Crippen LogP contribution >= 0.6 is 0 Å². The van der Waals surface area contributed by atoms with Crippen LogP contribution < -0.4 is 10.7 Å². The molecule has 0 saturated carbocycles. The molecule has 1 aliphatic rings. The van der Waals surface area contributed by atoms with Crippen molar-refractivity contribution in [2.24, 2.45) is 0 Å². The number of fused-ring (bicyclic) bond motifs is 1. The minimum atomic E-state index is 0.0191. The monoisotopic (exact) mass is 272 g/mol. The summed E-state index contributed by atoms with van der Waals surface area (Å²) in [6.45, 7) is 8.88. The molecule has 1 aromatic carbocycles. The molecule has 108 valence electrons. The number of aromatic nitrogens is 2. The van der Waals surface area contributed by atoms with Crippen LogP contribution in [0.1, 0.15) is 45.9 Å². The van der Waals surface area contributed by atoms with Crippen LogP contribution in [0.4, 0.5) is 5.69 Å². The van der Waals surface area contributed by atoms with E-state index in [0.29, 0.717) is 0 Å². The smallest absolute Gasteiger partial charge is 0.134 e. The summed E-state index contributed by atoms with van der Waals surface area (Å²) in [6, 6.07) is 6.05. The molecule has 3 rings (SSSR count). The van der Waals surface area contributed by atoms with E-state index in [1.165, 1.54) is 24.8 Å². The first-order valence-corrected chi connectivity index (χ1v) is 7.50. The lowest BCUT2D eigenvalue weighted by Crippen LogP contribution is -2.41. The fourth-order valence-corrected chi connectivity index (χ4v) is 2.93. The van der Waals surface area contributed by atoms with Crippen molar-refractivity contribution in [3.05, 3.63) is 24.0 Å². The Kier molecular flexibility index (Phi) is 3.11. The Balaban J connectivity index is 2.20. The first-order valence-electron chi connectivity index (χ1n) is 7.50. The highest BCUT2D eigenvalue weighted by Gasteiger charge is 2.26. The summed E-state index contributed by atoms with van der Waals surface area (Å²) in [4.78, 5) is 4.86. The molecule has 2 heterocycles. The summed E-state index contributed by atoms with van der Waals surface area (Å²) >= 11 is 0. The van der Waals surface area contributed by atoms with Crippen LogP contribution in [0, 0.1) is 0 Å². The number of imidazole rings is 1. The zero-order valence-corrected chi connectivity index (χ0v) is 12.7. The quantitative estimate of drug-likeness (QED) is 0.812. The molecule has 0 spiro atoms. The van der Waals surface area contributed by atoms with Gasteiger partial charge < -0.3 is 10.7 Å².